The number of aromatic nitrogens is 2. The molecule has 3 rings (SSSR count). The summed E-state index contributed by atoms with van der Waals surface area (Å²) < 4.78 is 13.5. The molecule has 0 atom stereocenters. The number of aryl methyl sites for hydroxylation is 3. The third kappa shape index (κ3) is 4.23. The normalized spacial score (nSPS) is 10.5. The Morgan fingerprint density at radius 1 is 1.10 bits per heavy atom. The van der Waals surface area contributed by atoms with Gasteiger partial charge in [-0.3, -0.25) is 0 Å². The van der Waals surface area contributed by atoms with Crippen molar-refractivity contribution in [3.63, 3.8) is 0 Å². The van der Waals surface area contributed by atoms with Crippen LogP contribution >= 0.6 is 0 Å². The highest BCUT2D eigenvalue weighted by Crippen LogP contribution is 2.32. The minimum Gasteiger partial charge on any atom is -0.489 e. The molecule has 0 bridgehead atoms. The van der Waals surface area contributed by atoms with Crippen molar-refractivity contribution >= 4 is 11.8 Å². The number of carbonyl (C=O) groups excluding carboxylic acids is 1. The molecule has 1 heterocycles. The summed E-state index contributed by atoms with van der Waals surface area (Å²) in [5, 5.41) is 4.61. The molecule has 1 aromatic heterocycles. The fourth-order valence-electron chi connectivity index (χ4n) is 3.36. The maximum Gasteiger partial charge on any atom is 0.240 e. The maximum atomic E-state index is 10.7. The largest absolute Gasteiger partial charge is 0.489 e. The molecule has 0 unspecified atom stereocenters. The Morgan fingerprint density at radius 2 is 1.90 bits per heavy atom. The Bertz CT molecular complexity index is 1080. The molecule has 0 aliphatic rings. The van der Waals surface area contributed by atoms with Gasteiger partial charge < -0.3 is 9.47 Å². The quantitative estimate of drug-likeness (QED) is 0.422. The molecule has 0 aliphatic carbocycles. The molecule has 6 heteroatoms. The van der Waals surface area contributed by atoms with E-state index >= 15 is 0 Å². The van der Waals surface area contributed by atoms with Gasteiger partial charge in [-0.15, -0.1) is 0 Å². The van der Waals surface area contributed by atoms with Crippen molar-refractivity contribution in [2.24, 2.45) is 12.0 Å². The predicted octanol–water partition coefficient (Wildman–Crippen LogP) is 4.96. The Hall–Kier alpha value is -3.37. The van der Waals surface area contributed by atoms with Gasteiger partial charge >= 0.3 is 0 Å². The second-order valence-electron chi connectivity index (χ2n) is 6.88. The predicted molar refractivity (Wildman–Crippen MR) is 113 cm³/mol. The number of hydrogen-bond acceptors (Lipinski definition) is 5. The lowest BCUT2D eigenvalue weighted by Crippen LogP contribution is -2.00. The van der Waals surface area contributed by atoms with Crippen LogP contribution in [0.15, 0.2) is 41.4 Å². The van der Waals surface area contributed by atoms with Gasteiger partial charge in [-0.1, -0.05) is 12.1 Å². The molecule has 2 aromatic carbocycles. The van der Waals surface area contributed by atoms with Gasteiger partial charge in [0.25, 0.3) is 0 Å². The lowest BCUT2D eigenvalue weighted by molar-refractivity contribution is 0.304. The van der Waals surface area contributed by atoms with Gasteiger partial charge in [0.05, 0.1) is 18.0 Å². The number of nitrogens with zero attached hydrogens (tertiary/aromatic N) is 3. The summed E-state index contributed by atoms with van der Waals surface area (Å²) >= 11 is 0. The van der Waals surface area contributed by atoms with Crippen LogP contribution in [0, 0.1) is 20.8 Å². The number of ether oxygens (including phenoxy) is 2. The number of hydrogen-bond donors (Lipinski definition) is 0. The molecule has 0 saturated heterocycles. The first-order valence-electron chi connectivity index (χ1n) is 9.52. The molecule has 6 nitrogen and oxygen atoms in total. The Morgan fingerprint density at radius 3 is 2.59 bits per heavy atom. The number of isocyanates is 1. The fraction of sp³-hybridized carbons (Fsp3) is 0.304. The van der Waals surface area contributed by atoms with Crippen molar-refractivity contribution in [1.29, 1.82) is 0 Å². The summed E-state index contributed by atoms with van der Waals surface area (Å²) in [7, 11) is 1.88. The zero-order chi connectivity index (χ0) is 21.0. The summed E-state index contributed by atoms with van der Waals surface area (Å²) in [6, 6.07) is 11.6. The van der Waals surface area contributed by atoms with E-state index in [1.54, 1.807) is 16.8 Å². The van der Waals surface area contributed by atoms with E-state index in [0.29, 0.717) is 18.9 Å². The highest BCUT2D eigenvalue weighted by atomic mass is 16.5. The summed E-state index contributed by atoms with van der Waals surface area (Å²) in [6.45, 7) is 8.87. The van der Waals surface area contributed by atoms with E-state index in [-0.39, 0.29) is 0 Å². The van der Waals surface area contributed by atoms with Crippen molar-refractivity contribution in [2.45, 2.75) is 34.3 Å². The molecule has 0 aliphatic heterocycles. The van der Waals surface area contributed by atoms with Crippen molar-refractivity contribution in [2.75, 3.05) is 6.61 Å². The summed E-state index contributed by atoms with van der Waals surface area (Å²) in [6.07, 6.45) is 1.61. The summed E-state index contributed by atoms with van der Waals surface area (Å²) in [5.74, 6) is 1.56. The maximum absolute atomic E-state index is 10.7. The van der Waals surface area contributed by atoms with Gasteiger partial charge in [0.1, 0.15) is 12.4 Å². The molecule has 0 saturated carbocycles. The van der Waals surface area contributed by atoms with Gasteiger partial charge in [-0.2, -0.15) is 10.1 Å². The zero-order valence-electron chi connectivity index (χ0n) is 17.4. The van der Waals surface area contributed by atoms with Crippen LogP contribution in [-0.4, -0.2) is 22.5 Å². The molecule has 0 spiro atoms. The molecule has 29 heavy (non-hydrogen) atoms. The van der Waals surface area contributed by atoms with Crippen LogP contribution in [0.3, 0.4) is 0 Å². The molecule has 0 fully saturated rings. The smallest absolute Gasteiger partial charge is 0.240 e. The molecule has 0 amide bonds. The summed E-state index contributed by atoms with van der Waals surface area (Å²) in [4.78, 5) is 14.5. The minimum atomic E-state index is 0.324. The standard InChI is InChI=1S/C23H25N3O3/c1-6-28-23-17(4)22(25-26(23)5)18-10-11-21(16(3)12-18)29-13-19-15(2)8-7-9-20(19)24-14-27/h7-12H,6,13H2,1-5H3. The van der Waals surface area contributed by atoms with Gasteiger partial charge in [0, 0.05) is 23.7 Å². The first-order valence-corrected chi connectivity index (χ1v) is 9.52. The fourth-order valence-corrected chi connectivity index (χ4v) is 3.36. The van der Waals surface area contributed by atoms with E-state index in [0.717, 1.165) is 45.1 Å². The molecule has 0 N–H and O–H groups in total. The van der Waals surface area contributed by atoms with E-state index in [2.05, 4.69) is 16.2 Å². The molecular formula is C23H25N3O3. The van der Waals surface area contributed by atoms with E-state index in [1.807, 2.05) is 59.0 Å². The number of aliphatic imine (C=N–C) groups is 1. The van der Waals surface area contributed by atoms with Crippen molar-refractivity contribution in [3.05, 3.63) is 58.7 Å². The average Bonchev–Trinajstić information content (AvgIpc) is 2.97. The van der Waals surface area contributed by atoms with Gasteiger partial charge in [0.15, 0.2) is 0 Å². The first kappa shape index (κ1) is 20.4. The monoisotopic (exact) mass is 391 g/mol. The van der Waals surface area contributed by atoms with Crippen LogP contribution in [0.1, 0.15) is 29.2 Å². The minimum absolute atomic E-state index is 0.324. The average molecular weight is 391 g/mol. The Kier molecular flexibility index (Phi) is 6.15. The van der Waals surface area contributed by atoms with Gasteiger partial charge in [-0.05, 0) is 63.1 Å². The van der Waals surface area contributed by atoms with Crippen LogP contribution in [0.25, 0.3) is 11.3 Å². The SMILES string of the molecule is CCOc1c(C)c(-c2ccc(OCc3c(C)cccc3N=C=O)c(C)c2)nn1C. The van der Waals surface area contributed by atoms with Crippen molar-refractivity contribution in [3.8, 4) is 22.9 Å². The highest BCUT2D eigenvalue weighted by molar-refractivity contribution is 5.67. The lowest BCUT2D eigenvalue weighted by Gasteiger charge is -2.13. The summed E-state index contributed by atoms with van der Waals surface area (Å²) in [5.41, 5.74) is 6.40. The number of rotatable bonds is 7. The van der Waals surface area contributed by atoms with E-state index < -0.39 is 0 Å². The van der Waals surface area contributed by atoms with Crippen LogP contribution in [-0.2, 0) is 18.4 Å². The molecule has 150 valence electrons. The highest BCUT2D eigenvalue weighted by Gasteiger charge is 2.16. The molecule has 0 radical (unpaired) electrons. The second kappa shape index (κ2) is 8.76. The van der Waals surface area contributed by atoms with E-state index in [4.69, 9.17) is 9.47 Å². The first-order chi connectivity index (χ1) is 14.0. The Labute approximate surface area is 170 Å². The van der Waals surface area contributed by atoms with Crippen molar-refractivity contribution in [1.82, 2.24) is 9.78 Å². The topological polar surface area (TPSA) is 65.7 Å². The zero-order valence-corrected chi connectivity index (χ0v) is 17.4. The molecular weight excluding hydrogens is 366 g/mol. The third-order valence-corrected chi connectivity index (χ3v) is 4.87. The van der Waals surface area contributed by atoms with Crippen LogP contribution < -0.4 is 9.47 Å². The van der Waals surface area contributed by atoms with E-state index in [1.165, 1.54) is 0 Å². The Balaban J connectivity index is 1.85. The van der Waals surface area contributed by atoms with Gasteiger partial charge in [0.2, 0.25) is 12.0 Å². The van der Waals surface area contributed by atoms with Gasteiger partial charge in [-0.25, -0.2) is 9.48 Å². The second-order valence-corrected chi connectivity index (χ2v) is 6.88. The van der Waals surface area contributed by atoms with Crippen LogP contribution in [0.2, 0.25) is 0 Å². The molecule has 3 aromatic rings. The number of benzene rings is 2. The van der Waals surface area contributed by atoms with E-state index in [9.17, 15) is 4.79 Å². The van der Waals surface area contributed by atoms with Crippen molar-refractivity contribution < 1.29 is 14.3 Å². The lowest BCUT2D eigenvalue weighted by atomic mass is 10.1. The van der Waals surface area contributed by atoms with Crippen LogP contribution in [0.5, 0.6) is 11.6 Å². The van der Waals surface area contributed by atoms with Crippen LogP contribution in [0.4, 0.5) is 5.69 Å². The third-order valence-electron chi connectivity index (χ3n) is 4.87.